The van der Waals surface area contributed by atoms with E-state index in [9.17, 15) is 14.4 Å². The van der Waals surface area contributed by atoms with E-state index in [-0.39, 0.29) is 0 Å². The van der Waals surface area contributed by atoms with Gasteiger partial charge in [-0.2, -0.15) is 0 Å². The van der Waals surface area contributed by atoms with Crippen LogP contribution in [0.2, 0.25) is 0 Å². The molecule has 21 heavy (non-hydrogen) atoms. The molecule has 0 aliphatic heterocycles. The maximum absolute atomic E-state index is 11.5. The second kappa shape index (κ2) is 5.66. The van der Waals surface area contributed by atoms with Gasteiger partial charge < -0.3 is 14.9 Å². The molecule has 1 atom stereocenters. The van der Waals surface area contributed by atoms with Crippen molar-refractivity contribution >= 4 is 22.9 Å². The Morgan fingerprint density at radius 1 is 1.33 bits per heavy atom. The first-order chi connectivity index (χ1) is 9.86. The van der Waals surface area contributed by atoms with E-state index in [1.54, 1.807) is 19.1 Å². The summed E-state index contributed by atoms with van der Waals surface area (Å²) < 4.78 is 10.5. The molecule has 1 aromatic heterocycles. The summed E-state index contributed by atoms with van der Waals surface area (Å²) >= 11 is 0. The lowest BCUT2D eigenvalue weighted by Gasteiger charge is -2.13. The summed E-state index contributed by atoms with van der Waals surface area (Å²) in [6.07, 6.45) is -0.925. The Morgan fingerprint density at radius 3 is 2.71 bits per heavy atom. The third kappa shape index (κ3) is 3.38. The number of ether oxygens (including phenoxy) is 1. The Bertz CT molecular complexity index is 766. The summed E-state index contributed by atoms with van der Waals surface area (Å²) in [5.74, 6) is -0.323. The van der Waals surface area contributed by atoms with Gasteiger partial charge in [0.1, 0.15) is 11.3 Å². The molecule has 0 saturated heterocycles. The Morgan fingerprint density at radius 2 is 2.05 bits per heavy atom. The van der Waals surface area contributed by atoms with Crippen molar-refractivity contribution < 1.29 is 18.7 Å². The Kier molecular flexibility index (Phi) is 3.93. The molecule has 0 fully saturated rings. The molecule has 1 heterocycles. The first kappa shape index (κ1) is 14.6. The van der Waals surface area contributed by atoms with Gasteiger partial charge in [0.25, 0.3) is 5.91 Å². The largest absolute Gasteiger partial charge is 0.481 e. The van der Waals surface area contributed by atoms with E-state index in [2.05, 4.69) is 0 Å². The minimum Gasteiger partial charge on any atom is -0.481 e. The molecule has 0 bridgehead atoms. The van der Waals surface area contributed by atoms with Crippen molar-refractivity contribution in [1.29, 1.82) is 0 Å². The maximum atomic E-state index is 11.5. The highest BCUT2D eigenvalue weighted by Gasteiger charge is 2.16. The molecular formula is C14H14N2O5. The van der Waals surface area contributed by atoms with Gasteiger partial charge in [-0.15, -0.1) is 0 Å². The third-order valence-electron chi connectivity index (χ3n) is 2.85. The molecule has 3 amide bonds. The predicted octanol–water partition coefficient (Wildman–Crippen LogP) is 1.06. The summed E-state index contributed by atoms with van der Waals surface area (Å²) in [5, 5.41) is 2.69. The van der Waals surface area contributed by atoms with Gasteiger partial charge in [-0.25, -0.2) is 9.59 Å². The van der Waals surface area contributed by atoms with Crippen LogP contribution in [-0.4, -0.2) is 18.0 Å². The lowest BCUT2D eigenvalue weighted by atomic mass is 10.1. The number of hydrogen-bond donors (Lipinski definition) is 2. The average molecular weight is 290 g/mol. The molecule has 3 N–H and O–H groups in total. The number of primary amides is 1. The van der Waals surface area contributed by atoms with Crippen LogP contribution in [0.4, 0.5) is 4.79 Å². The van der Waals surface area contributed by atoms with E-state index in [4.69, 9.17) is 14.9 Å². The molecule has 0 radical (unpaired) electrons. The second-order valence-corrected chi connectivity index (χ2v) is 4.52. The normalized spacial score (nSPS) is 11.9. The van der Waals surface area contributed by atoms with E-state index >= 15 is 0 Å². The topological polar surface area (TPSA) is 112 Å². The number of hydrogen-bond acceptors (Lipinski definition) is 5. The Balaban J connectivity index is 2.25. The molecule has 2 aromatic rings. The van der Waals surface area contributed by atoms with Crippen molar-refractivity contribution in [1.82, 2.24) is 5.32 Å². The monoisotopic (exact) mass is 290 g/mol. The van der Waals surface area contributed by atoms with Gasteiger partial charge in [0, 0.05) is 17.5 Å². The molecule has 110 valence electrons. The van der Waals surface area contributed by atoms with Gasteiger partial charge in [0.05, 0.1) is 0 Å². The lowest BCUT2D eigenvalue weighted by Crippen LogP contribution is -2.42. The van der Waals surface area contributed by atoms with Crippen LogP contribution in [0.5, 0.6) is 5.75 Å². The zero-order valence-electron chi connectivity index (χ0n) is 11.5. The SMILES string of the molecule is Cc1cc(=O)oc2cc(O[C@@H](C)C(=O)NC(N)=O)ccc12. The highest BCUT2D eigenvalue weighted by molar-refractivity contribution is 5.95. The van der Waals surface area contributed by atoms with E-state index in [1.807, 2.05) is 5.32 Å². The molecule has 0 aliphatic carbocycles. The van der Waals surface area contributed by atoms with Gasteiger partial charge in [0.15, 0.2) is 6.10 Å². The molecule has 0 spiro atoms. The first-order valence-corrected chi connectivity index (χ1v) is 6.18. The second-order valence-electron chi connectivity index (χ2n) is 4.52. The van der Waals surface area contributed by atoms with Crippen molar-refractivity contribution in [3.05, 3.63) is 40.2 Å². The summed E-state index contributed by atoms with van der Waals surface area (Å²) in [6.45, 7) is 3.26. The van der Waals surface area contributed by atoms with E-state index < -0.39 is 23.7 Å². The number of aryl methyl sites for hydroxylation is 1. The summed E-state index contributed by atoms with van der Waals surface area (Å²) in [5.41, 5.74) is 5.54. The Hall–Kier alpha value is -2.83. The lowest BCUT2D eigenvalue weighted by molar-refractivity contribution is -0.126. The van der Waals surface area contributed by atoms with Crippen LogP contribution in [0.3, 0.4) is 0 Å². The number of nitrogens with one attached hydrogen (secondary N) is 1. The summed E-state index contributed by atoms with van der Waals surface area (Å²) in [7, 11) is 0. The van der Waals surface area contributed by atoms with Crippen molar-refractivity contribution in [3.8, 4) is 5.75 Å². The minimum atomic E-state index is -0.949. The fourth-order valence-electron chi connectivity index (χ4n) is 1.86. The van der Waals surface area contributed by atoms with Crippen LogP contribution in [0.15, 0.2) is 33.5 Å². The zero-order chi connectivity index (χ0) is 15.6. The third-order valence-corrected chi connectivity index (χ3v) is 2.85. The number of carbonyl (C=O) groups excluding carboxylic acids is 2. The highest BCUT2D eigenvalue weighted by Crippen LogP contribution is 2.22. The fraction of sp³-hybridized carbons (Fsp3) is 0.214. The first-order valence-electron chi connectivity index (χ1n) is 6.18. The van der Waals surface area contributed by atoms with Gasteiger partial charge in [0.2, 0.25) is 0 Å². The van der Waals surface area contributed by atoms with Gasteiger partial charge >= 0.3 is 11.7 Å². The van der Waals surface area contributed by atoms with E-state index in [0.717, 1.165) is 10.9 Å². The molecule has 2 rings (SSSR count). The molecular weight excluding hydrogens is 276 g/mol. The van der Waals surface area contributed by atoms with Crippen LogP contribution in [0, 0.1) is 6.92 Å². The highest BCUT2D eigenvalue weighted by atomic mass is 16.5. The number of imide groups is 1. The molecule has 0 unspecified atom stereocenters. The fourth-order valence-corrected chi connectivity index (χ4v) is 1.86. The minimum absolute atomic E-state index is 0.336. The van der Waals surface area contributed by atoms with Gasteiger partial charge in [-0.3, -0.25) is 10.1 Å². The maximum Gasteiger partial charge on any atom is 0.336 e. The quantitative estimate of drug-likeness (QED) is 0.821. The Labute approximate surface area is 119 Å². The van der Waals surface area contributed by atoms with Crippen molar-refractivity contribution in [2.75, 3.05) is 0 Å². The van der Waals surface area contributed by atoms with E-state index in [0.29, 0.717) is 11.3 Å². The van der Waals surface area contributed by atoms with Crippen LogP contribution >= 0.6 is 0 Å². The van der Waals surface area contributed by atoms with E-state index in [1.165, 1.54) is 19.1 Å². The number of amides is 3. The van der Waals surface area contributed by atoms with Gasteiger partial charge in [-0.05, 0) is 31.5 Å². The van der Waals surface area contributed by atoms with Crippen LogP contribution < -0.4 is 21.4 Å². The number of carbonyl (C=O) groups is 2. The molecule has 7 heteroatoms. The van der Waals surface area contributed by atoms with Crippen LogP contribution in [-0.2, 0) is 4.79 Å². The standard InChI is InChI=1S/C14H14N2O5/c1-7-5-12(17)21-11-6-9(3-4-10(7)11)20-8(2)13(18)16-14(15)19/h3-6,8H,1-2H3,(H3,15,16,18,19)/t8-/m0/s1. The number of benzene rings is 1. The van der Waals surface area contributed by atoms with Crippen molar-refractivity contribution in [2.45, 2.75) is 20.0 Å². The number of urea groups is 1. The summed E-state index contributed by atoms with van der Waals surface area (Å²) in [4.78, 5) is 33.5. The molecule has 0 aliphatic rings. The van der Waals surface area contributed by atoms with Gasteiger partial charge in [-0.1, -0.05) is 0 Å². The number of rotatable bonds is 3. The zero-order valence-corrected chi connectivity index (χ0v) is 11.5. The number of fused-ring (bicyclic) bond motifs is 1. The van der Waals surface area contributed by atoms with Crippen molar-refractivity contribution in [2.24, 2.45) is 5.73 Å². The molecule has 0 saturated carbocycles. The smallest absolute Gasteiger partial charge is 0.336 e. The predicted molar refractivity (Wildman–Crippen MR) is 75.0 cm³/mol. The van der Waals surface area contributed by atoms with Crippen LogP contribution in [0.25, 0.3) is 11.0 Å². The molecule has 7 nitrogen and oxygen atoms in total. The molecule has 1 aromatic carbocycles. The average Bonchev–Trinajstić information content (AvgIpc) is 2.37. The van der Waals surface area contributed by atoms with Crippen LogP contribution in [0.1, 0.15) is 12.5 Å². The summed E-state index contributed by atoms with van der Waals surface area (Å²) in [6, 6.07) is 5.32. The van der Waals surface area contributed by atoms with Crippen molar-refractivity contribution in [3.63, 3.8) is 0 Å². The number of nitrogens with two attached hydrogens (primary N) is 1.